The van der Waals surface area contributed by atoms with E-state index in [-0.39, 0.29) is 22.4 Å². The minimum absolute atomic E-state index is 0.0852. The number of non-ortho nitro benzene ring substituents is 1. The van der Waals surface area contributed by atoms with Crippen molar-refractivity contribution in [2.24, 2.45) is 0 Å². The summed E-state index contributed by atoms with van der Waals surface area (Å²) < 4.78 is 32.4. The van der Waals surface area contributed by atoms with Gasteiger partial charge in [-0.15, -0.1) is 0 Å². The Morgan fingerprint density at radius 2 is 2.05 bits per heavy atom. The van der Waals surface area contributed by atoms with E-state index in [0.717, 1.165) is 19.2 Å². The number of rotatable bonds is 5. The summed E-state index contributed by atoms with van der Waals surface area (Å²) >= 11 is 0. The van der Waals surface area contributed by atoms with Gasteiger partial charge in [0.15, 0.2) is 0 Å². The van der Waals surface area contributed by atoms with Gasteiger partial charge in [0.05, 0.1) is 12.0 Å². The molecule has 1 heterocycles. The first-order valence-electron chi connectivity index (χ1n) is 6.49. The number of sulfonamides is 1. The van der Waals surface area contributed by atoms with Crippen LogP contribution in [0.5, 0.6) is 5.75 Å². The van der Waals surface area contributed by atoms with Crippen LogP contribution in [0.25, 0.3) is 0 Å². The van der Waals surface area contributed by atoms with Crippen LogP contribution < -0.4 is 14.8 Å². The van der Waals surface area contributed by atoms with Gasteiger partial charge in [0.2, 0.25) is 10.0 Å². The fourth-order valence-corrected chi connectivity index (χ4v) is 3.71. The quantitative estimate of drug-likeness (QED) is 0.609. The molecule has 2 N–H and O–H groups in total. The first kappa shape index (κ1) is 15.7. The normalized spacial score (nSPS) is 16.6. The van der Waals surface area contributed by atoms with Crippen molar-refractivity contribution in [1.82, 2.24) is 10.0 Å². The molecule has 1 aromatic carbocycles. The molecule has 2 rings (SSSR count). The van der Waals surface area contributed by atoms with E-state index in [1.54, 1.807) is 0 Å². The topological polar surface area (TPSA) is 111 Å². The highest BCUT2D eigenvalue weighted by Gasteiger charge is 2.26. The van der Waals surface area contributed by atoms with E-state index in [2.05, 4.69) is 10.0 Å². The molecule has 116 valence electrons. The summed E-state index contributed by atoms with van der Waals surface area (Å²) in [6, 6.07) is 3.33. The average molecular weight is 315 g/mol. The van der Waals surface area contributed by atoms with Gasteiger partial charge in [-0.2, -0.15) is 0 Å². The maximum atomic E-state index is 12.4. The molecule has 9 heteroatoms. The van der Waals surface area contributed by atoms with E-state index in [1.165, 1.54) is 19.2 Å². The number of nitrogens with zero attached hydrogens (tertiary/aromatic N) is 1. The molecule has 0 amide bonds. The number of nitro benzene ring substituents is 1. The Bertz CT molecular complexity index is 626. The lowest BCUT2D eigenvalue weighted by Crippen LogP contribution is -2.42. The Morgan fingerprint density at radius 1 is 1.38 bits per heavy atom. The molecule has 0 spiro atoms. The first-order valence-corrected chi connectivity index (χ1v) is 7.98. The van der Waals surface area contributed by atoms with Crippen LogP contribution in [0.1, 0.15) is 12.8 Å². The van der Waals surface area contributed by atoms with Crippen molar-refractivity contribution in [1.29, 1.82) is 0 Å². The molecule has 0 bridgehead atoms. The number of hydrogen-bond acceptors (Lipinski definition) is 6. The molecular weight excluding hydrogens is 298 g/mol. The van der Waals surface area contributed by atoms with Crippen LogP contribution in [0.3, 0.4) is 0 Å². The number of piperidine rings is 1. The summed E-state index contributed by atoms with van der Waals surface area (Å²) in [5.41, 5.74) is -0.290. The smallest absolute Gasteiger partial charge is 0.271 e. The fourth-order valence-electron chi connectivity index (χ4n) is 2.21. The third-order valence-corrected chi connectivity index (χ3v) is 4.85. The predicted molar refractivity (Wildman–Crippen MR) is 75.9 cm³/mol. The van der Waals surface area contributed by atoms with E-state index in [9.17, 15) is 18.5 Å². The second-order valence-corrected chi connectivity index (χ2v) is 6.42. The number of methoxy groups -OCH3 is 1. The second kappa shape index (κ2) is 6.37. The van der Waals surface area contributed by atoms with Gasteiger partial charge in [-0.3, -0.25) is 10.1 Å². The molecular formula is C12H17N3O5S. The van der Waals surface area contributed by atoms with E-state index in [4.69, 9.17) is 4.74 Å². The van der Waals surface area contributed by atoms with Crippen LogP contribution in [-0.4, -0.2) is 39.6 Å². The SMILES string of the molecule is COc1ccc([N+](=O)[O-])cc1S(=O)(=O)NC1CCNCC1. The summed E-state index contributed by atoms with van der Waals surface area (Å²) in [4.78, 5) is 9.96. The van der Waals surface area contributed by atoms with Crippen LogP contribution in [0.15, 0.2) is 23.1 Å². The molecule has 0 aliphatic carbocycles. The Morgan fingerprint density at radius 3 is 2.62 bits per heavy atom. The predicted octanol–water partition coefficient (Wildman–Crippen LogP) is 0.634. The van der Waals surface area contributed by atoms with Crippen molar-refractivity contribution >= 4 is 15.7 Å². The zero-order valence-corrected chi connectivity index (χ0v) is 12.4. The van der Waals surface area contributed by atoms with E-state index in [1.807, 2.05) is 0 Å². The number of nitrogens with one attached hydrogen (secondary N) is 2. The summed E-state index contributed by atoms with van der Waals surface area (Å²) in [7, 11) is -2.54. The number of nitro groups is 1. The summed E-state index contributed by atoms with van der Waals surface area (Å²) in [6.45, 7) is 1.47. The molecule has 1 aliphatic heterocycles. The van der Waals surface area contributed by atoms with Crippen molar-refractivity contribution in [3.8, 4) is 5.75 Å². The number of hydrogen-bond donors (Lipinski definition) is 2. The summed E-state index contributed by atoms with van der Waals surface area (Å²) in [5, 5.41) is 13.9. The van der Waals surface area contributed by atoms with Crippen LogP contribution in [0.4, 0.5) is 5.69 Å². The lowest BCUT2D eigenvalue weighted by Gasteiger charge is -2.23. The molecule has 21 heavy (non-hydrogen) atoms. The zero-order valence-electron chi connectivity index (χ0n) is 11.5. The van der Waals surface area contributed by atoms with E-state index < -0.39 is 14.9 Å². The maximum Gasteiger partial charge on any atom is 0.271 e. The fraction of sp³-hybridized carbons (Fsp3) is 0.500. The van der Waals surface area contributed by atoms with Crippen molar-refractivity contribution < 1.29 is 18.1 Å². The van der Waals surface area contributed by atoms with Gasteiger partial charge in [0.25, 0.3) is 5.69 Å². The molecule has 1 saturated heterocycles. The van der Waals surface area contributed by atoms with Crippen LogP contribution in [0, 0.1) is 10.1 Å². The highest BCUT2D eigenvalue weighted by molar-refractivity contribution is 7.89. The van der Waals surface area contributed by atoms with Gasteiger partial charge in [0.1, 0.15) is 10.6 Å². The zero-order chi connectivity index (χ0) is 15.5. The molecule has 0 saturated carbocycles. The molecule has 8 nitrogen and oxygen atoms in total. The molecule has 0 atom stereocenters. The van der Waals surface area contributed by atoms with Gasteiger partial charge in [-0.05, 0) is 32.0 Å². The lowest BCUT2D eigenvalue weighted by atomic mass is 10.1. The van der Waals surface area contributed by atoms with Crippen molar-refractivity contribution in [3.05, 3.63) is 28.3 Å². The van der Waals surface area contributed by atoms with E-state index in [0.29, 0.717) is 12.8 Å². The first-order chi connectivity index (χ1) is 9.94. The van der Waals surface area contributed by atoms with E-state index >= 15 is 0 Å². The molecule has 1 fully saturated rings. The summed E-state index contributed by atoms with van der Waals surface area (Å²) in [6.07, 6.45) is 1.35. The summed E-state index contributed by atoms with van der Waals surface area (Å²) in [5.74, 6) is 0.0852. The maximum absolute atomic E-state index is 12.4. The minimum Gasteiger partial charge on any atom is -0.495 e. The molecule has 0 aromatic heterocycles. The Hall–Kier alpha value is -1.71. The average Bonchev–Trinajstić information content (AvgIpc) is 2.47. The standard InChI is InChI=1S/C12H17N3O5S/c1-20-11-3-2-10(15(16)17)8-12(11)21(18,19)14-9-4-6-13-7-5-9/h2-3,8-9,13-14H,4-7H2,1H3. The second-order valence-electron chi connectivity index (χ2n) is 4.74. The van der Waals surface area contributed by atoms with Crippen molar-refractivity contribution in [3.63, 3.8) is 0 Å². The highest BCUT2D eigenvalue weighted by Crippen LogP contribution is 2.28. The monoisotopic (exact) mass is 315 g/mol. The van der Waals surface area contributed by atoms with Gasteiger partial charge < -0.3 is 10.1 Å². The van der Waals surface area contributed by atoms with Gasteiger partial charge >= 0.3 is 0 Å². The Labute approximate surface area is 122 Å². The van der Waals surface area contributed by atoms with Crippen molar-refractivity contribution in [2.45, 2.75) is 23.8 Å². The number of benzene rings is 1. The molecule has 0 radical (unpaired) electrons. The third-order valence-electron chi connectivity index (χ3n) is 3.31. The molecule has 1 aromatic rings. The Kier molecular flexibility index (Phi) is 4.76. The van der Waals surface area contributed by atoms with Gasteiger partial charge in [-0.1, -0.05) is 0 Å². The third kappa shape index (κ3) is 3.69. The van der Waals surface area contributed by atoms with Gasteiger partial charge in [0, 0.05) is 18.2 Å². The molecule has 0 unspecified atom stereocenters. The number of ether oxygens (including phenoxy) is 1. The van der Waals surface area contributed by atoms with Crippen LogP contribution in [-0.2, 0) is 10.0 Å². The Balaban J connectivity index is 2.32. The lowest BCUT2D eigenvalue weighted by molar-refractivity contribution is -0.385. The minimum atomic E-state index is -3.87. The highest BCUT2D eigenvalue weighted by atomic mass is 32.2. The van der Waals surface area contributed by atoms with Gasteiger partial charge in [-0.25, -0.2) is 13.1 Å². The van der Waals surface area contributed by atoms with Crippen LogP contribution >= 0.6 is 0 Å². The van der Waals surface area contributed by atoms with Crippen molar-refractivity contribution in [2.75, 3.05) is 20.2 Å². The van der Waals surface area contributed by atoms with Crippen LogP contribution in [0.2, 0.25) is 0 Å². The molecule has 1 aliphatic rings. The largest absolute Gasteiger partial charge is 0.495 e.